The molecule has 0 aliphatic heterocycles. The van der Waals surface area contributed by atoms with Crippen LogP contribution in [0, 0.1) is 0 Å². The van der Waals surface area contributed by atoms with Crippen LogP contribution in [-0.2, 0) is 11.3 Å². The van der Waals surface area contributed by atoms with Gasteiger partial charge in [0.15, 0.2) is 5.05 Å². The molecule has 6 heteroatoms. The van der Waals surface area contributed by atoms with Gasteiger partial charge in [-0.3, -0.25) is 0 Å². The molecule has 0 atom stereocenters. The molecule has 88 valence electrons. The van der Waals surface area contributed by atoms with Crippen molar-refractivity contribution in [2.45, 2.75) is 19.9 Å². The fourth-order valence-electron chi connectivity index (χ4n) is 0.972. The number of ether oxygens (including phenoxy) is 2. The molecule has 16 heavy (non-hydrogen) atoms. The first-order chi connectivity index (χ1) is 7.37. The first-order valence-electron chi connectivity index (χ1n) is 4.35. The second-order valence-electron chi connectivity index (χ2n) is 2.97. The summed E-state index contributed by atoms with van der Waals surface area (Å²) in [4.78, 5) is 0. The largest absolute Gasteiger partial charge is 0.573 e. The molecule has 0 heterocycles. The summed E-state index contributed by atoms with van der Waals surface area (Å²) in [6.07, 6.45) is -4.66. The Kier molecular flexibility index (Phi) is 4.12. The lowest BCUT2D eigenvalue weighted by Crippen LogP contribution is -2.17. The van der Waals surface area contributed by atoms with Gasteiger partial charge in [-0.15, -0.1) is 13.2 Å². The molecular formula is C10H9F3O2S. The zero-order chi connectivity index (χ0) is 12.2. The molecule has 0 spiro atoms. The van der Waals surface area contributed by atoms with Crippen LogP contribution in [0.1, 0.15) is 12.5 Å². The molecule has 0 saturated carbocycles. The van der Waals surface area contributed by atoms with Gasteiger partial charge < -0.3 is 9.47 Å². The van der Waals surface area contributed by atoms with Crippen LogP contribution in [-0.4, -0.2) is 11.4 Å². The van der Waals surface area contributed by atoms with Crippen molar-refractivity contribution in [3.63, 3.8) is 0 Å². The van der Waals surface area contributed by atoms with Gasteiger partial charge >= 0.3 is 6.36 Å². The van der Waals surface area contributed by atoms with E-state index in [1.165, 1.54) is 24.3 Å². The quantitative estimate of drug-likeness (QED) is 0.765. The summed E-state index contributed by atoms with van der Waals surface area (Å²) in [5.41, 5.74) is 0.721. The van der Waals surface area contributed by atoms with Crippen LogP contribution in [0.25, 0.3) is 0 Å². The summed E-state index contributed by atoms with van der Waals surface area (Å²) < 4.78 is 44.2. The van der Waals surface area contributed by atoms with E-state index in [9.17, 15) is 13.2 Å². The lowest BCUT2D eigenvalue weighted by atomic mass is 10.2. The van der Waals surface area contributed by atoms with Crippen molar-refractivity contribution in [1.82, 2.24) is 0 Å². The molecule has 0 bridgehead atoms. The number of hydrogen-bond donors (Lipinski definition) is 0. The highest BCUT2D eigenvalue weighted by Gasteiger charge is 2.30. The smallest absolute Gasteiger partial charge is 0.483 e. The monoisotopic (exact) mass is 250 g/mol. The Morgan fingerprint density at radius 3 is 2.25 bits per heavy atom. The number of rotatable bonds is 3. The molecule has 1 aromatic rings. The maximum atomic E-state index is 11.8. The van der Waals surface area contributed by atoms with Crippen molar-refractivity contribution in [1.29, 1.82) is 0 Å². The Morgan fingerprint density at radius 2 is 1.81 bits per heavy atom. The van der Waals surface area contributed by atoms with Crippen molar-refractivity contribution >= 4 is 17.3 Å². The van der Waals surface area contributed by atoms with Gasteiger partial charge in [0.2, 0.25) is 0 Å². The summed E-state index contributed by atoms with van der Waals surface area (Å²) in [6.45, 7) is 1.86. The van der Waals surface area contributed by atoms with Crippen molar-refractivity contribution in [2.75, 3.05) is 0 Å². The van der Waals surface area contributed by atoms with Crippen LogP contribution in [0.15, 0.2) is 24.3 Å². The molecular weight excluding hydrogens is 241 g/mol. The molecule has 1 rings (SSSR count). The first-order valence-corrected chi connectivity index (χ1v) is 4.76. The van der Waals surface area contributed by atoms with Gasteiger partial charge in [-0.1, -0.05) is 12.1 Å². The van der Waals surface area contributed by atoms with E-state index in [-0.39, 0.29) is 12.4 Å². The second kappa shape index (κ2) is 5.16. The second-order valence-corrected chi connectivity index (χ2v) is 3.55. The van der Waals surface area contributed by atoms with Crippen molar-refractivity contribution in [2.24, 2.45) is 0 Å². The lowest BCUT2D eigenvalue weighted by Gasteiger charge is -2.09. The van der Waals surface area contributed by atoms with E-state index in [1.807, 2.05) is 0 Å². The maximum Gasteiger partial charge on any atom is 0.573 e. The summed E-state index contributed by atoms with van der Waals surface area (Å²) in [5, 5.41) is 0.385. The highest BCUT2D eigenvalue weighted by atomic mass is 32.1. The maximum absolute atomic E-state index is 11.8. The summed E-state index contributed by atoms with van der Waals surface area (Å²) in [6, 6.07) is 5.43. The molecule has 1 aromatic carbocycles. The van der Waals surface area contributed by atoms with Crippen LogP contribution in [0.4, 0.5) is 13.2 Å². The highest BCUT2D eigenvalue weighted by Crippen LogP contribution is 2.22. The Balaban J connectivity index is 2.57. The standard InChI is InChI=1S/C10H9F3O2S/c1-7(16)14-6-8-2-4-9(5-3-8)15-10(11,12)13/h2-5H,6H2,1H3. The van der Waals surface area contributed by atoms with Gasteiger partial charge in [-0.2, -0.15) is 0 Å². The molecule has 0 aliphatic carbocycles. The van der Waals surface area contributed by atoms with Crippen molar-refractivity contribution < 1.29 is 22.6 Å². The topological polar surface area (TPSA) is 18.5 Å². The Hall–Kier alpha value is -1.30. The minimum absolute atomic E-state index is 0.238. The van der Waals surface area contributed by atoms with E-state index >= 15 is 0 Å². The van der Waals surface area contributed by atoms with Gasteiger partial charge in [0, 0.05) is 6.92 Å². The summed E-state index contributed by atoms with van der Waals surface area (Å²) >= 11 is 4.70. The number of thiocarbonyl (C=S) groups is 1. The molecule has 0 saturated heterocycles. The van der Waals surface area contributed by atoms with E-state index in [0.29, 0.717) is 5.05 Å². The van der Waals surface area contributed by atoms with Crippen LogP contribution >= 0.6 is 12.2 Å². The minimum atomic E-state index is -4.66. The van der Waals surface area contributed by atoms with Crippen LogP contribution in [0.2, 0.25) is 0 Å². The first kappa shape index (κ1) is 12.8. The molecule has 0 N–H and O–H groups in total. The van der Waals surface area contributed by atoms with Gasteiger partial charge in [-0.05, 0) is 29.9 Å². The number of hydrogen-bond acceptors (Lipinski definition) is 3. The summed E-state index contributed by atoms with van der Waals surface area (Å²) in [5.74, 6) is -0.254. The highest BCUT2D eigenvalue weighted by molar-refractivity contribution is 7.80. The van der Waals surface area contributed by atoms with Crippen LogP contribution < -0.4 is 4.74 Å². The van der Waals surface area contributed by atoms with Crippen LogP contribution in [0.5, 0.6) is 5.75 Å². The summed E-state index contributed by atoms with van der Waals surface area (Å²) in [7, 11) is 0. The van der Waals surface area contributed by atoms with Gasteiger partial charge in [-0.25, -0.2) is 0 Å². The van der Waals surface area contributed by atoms with E-state index in [0.717, 1.165) is 5.56 Å². The van der Waals surface area contributed by atoms with E-state index in [4.69, 9.17) is 17.0 Å². The molecule has 0 unspecified atom stereocenters. The molecule has 0 amide bonds. The Morgan fingerprint density at radius 1 is 1.25 bits per heavy atom. The molecule has 0 fully saturated rings. The molecule has 0 aliphatic rings. The van der Waals surface area contributed by atoms with E-state index in [1.54, 1.807) is 6.92 Å². The van der Waals surface area contributed by atoms with Crippen molar-refractivity contribution in [3.8, 4) is 5.75 Å². The molecule has 0 radical (unpaired) electrons. The number of benzene rings is 1. The van der Waals surface area contributed by atoms with E-state index < -0.39 is 6.36 Å². The van der Waals surface area contributed by atoms with Gasteiger partial charge in [0.05, 0.1) is 0 Å². The third-order valence-electron chi connectivity index (χ3n) is 1.60. The fraction of sp³-hybridized carbons (Fsp3) is 0.300. The molecule has 2 nitrogen and oxygen atoms in total. The molecule has 0 aromatic heterocycles. The number of alkyl halides is 3. The minimum Gasteiger partial charge on any atom is -0.483 e. The van der Waals surface area contributed by atoms with Crippen molar-refractivity contribution in [3.05, 3.63) is 29.8 Å². The third kappa shape index (κ3) is 4.97. The number of halogens is 3. The average Bonchev–Trinajstić information content (AvgIpc) is 2.14. The third-order valence-corrected chi connectivity index (χ3v) is 1.72. The SMILES string of the molecule is CC(=S)OCc1ccc(OC(F)(F)F)cc1. The predicted octanol–water partition coefficient (Wildman–Crippen LogP) is 3.45. The lowest BCUT2D eigenvalue weighted by molar-refractivity contribution is -0.274. The fourth-order valence-corrected chi connectivity index (χ4v) is 1.03. The predicted molar refractivity (Wildman–Crippen MR) is 56.2 cm³/mol. The van der Waals surface area contributed by atoms with Crippen LogP contribution in [0.3, 0.4) is 0 Å². The zero-order valence-electron chi connectivity index (χ0n) is 8.38. The normalized spacial score (nSPS) is 11.0. The zero-order valence-corrected chi connectivity index (χ0v) is 9.19. The Bertz CT molecular complexity index is 359. The van der Waals surface area contributed by atoms with E-state index in [2.05, 4.69) is 4.74 Å². The average molecular weight is 250 g/mol. The van der Waals surface area contributed by atoms with Gasteiger partial charge in [0.1, 0.15) is 12.4 Å². The van der Waals surface area contributed by atoms with Gasteiger partial charge in [0.25, 0.3) is 0 Å². The Labute approximate surface area is 96.0 Å².